The van der Waals surface area contributed by atoms with Gasteiger partial charge in [0.05, 0.1) is 6.04 Å². The van der Waals surface area contributed by atoms with Gasteiger partial charge in [0.2, 0.25) is 0 Å². The van der Waals surface area contributed by atoms with Crippen LogP contribution in [0.15, 0.2) is 48.5 Å². The lowest BCUT2D eigenvalue weighted by molar-refractivity contribution is 0.0327. The Bertz CT molecular complexity index is 574. The van der Waals surface area contributed by atoms with Gasteiger partial charge in [0.15, 0.2) is 0 Å². The summed E-state index contributed by atoms with van der Waals surface area (Å²) in [6, 6.07) is 15.9. The van der Waals surface area contributed by atoms with Gasteiger partial charge in [0.25, 0.3) is 0 Å². The first-order chi connectivity index (χ1) is 10.2. The molecule has 4 heteroatoms. The van der Waals surface area contributed by atoms with Crippen LogP contribution in [0.1, 0.15) is 35.8 Å². The van der Waals surface area contributed by atoms with E-state index >= 15 is 0 Å². The predicted molar refractivity (Wildman–Crippen MR) is 87.1 cm³/mol. The van der Waals surface area contributed by atoms with Crippen molar-refractivity contribution < 1.29 is 4.74 Å². The molecule has 21 heavy (non-hydrogen) atoms. The van der Waals surface area contributed by atoms with E-state index in [2.05, 4.69) is 5.43 Å². The van der Waals surface area contributed by atoms with Gasteiger partial charge in [0.1, 0.15) is 6.10 Å². The maximum absolute atomic E-state index is 6.23. The summed E-state index contributed by atoms with van der Waals surface area (Å²) < 4.78 is 5.92. The van der Waals surface area contributed by atoms with Crippen LogP contribution in [0.5, 0.6) is 0 Å². The normalized spacial score (nSPS) is 13.9. The standard InChI is InChI=1S/C17H21ClN2O/c1-3-21-17(13-7-5-4-6-8-13)16(20-19)14-10-9-12(2)15(18)11-14/h4-11,16-17,20H,3,19H2,1-2H3. The summed E-state index contributed by atoms with van der Waals surface area (Å²) in [5.74, 6) is 5.79. The van der Waals surface area contributed by atoms with Crippen molar-refractivity contribution in [3.05, 3.63) is 70.2 Å². The molecule has 2 unspecified atom stereocenters. The summed E-state index contributed by atoms with van der Waals surface area (Å²) in [7, 11) is 0. The molecule has 2 rings (SSSR count). The molecule has 0 bridgehead atoms. The highest BCUT2D eigenvalue weighted by atomic mass is 35.5. The first kappa shape index (κ1) is 16.0. The summed E-state index contributed by atoms with van der Waals surface area (Å²) in [6.45, 7) is 4.57. The predicted octanol–water partition coefficient (Wildman–Crippen LogP) is 3.93. The highest BCUT2D eigenvalue weighted by Crippen LogP contribution is 2.33. The minimum atomic E-state index is -0.167. The Morgan fingerprint density at radius 3 is 2.43 bits per heavy atom. The van der Waals surface area contributed by atoms with E-state index in [1.807, 2.05) is 62.4 Å². The van der Waals surface area contributed by atoms with Crippen LogP contribution >= 0.6 is 11.6 Å². The number of nitrogens with two attached hydrogens (primary N) is 1. The molecule has 2 atom stereocenters. The van der Waals surface area contributed by atoms with Crippen molar-refractivity contribution in [3.8, 4) is 0 Å². The molecular weight excluding hydrogens is 284 g/mol. The zero-order valence-electron chi connectivity index (χ0n) is 12.3. The van der Waals surface area contributed by atoms with Gasteiger partial charge < -0.3 is 4.74 Å². The topological polar surface area (TPSA) is 47.3 Å². The number of nitrogens with one attached hydrogen (secondary N) is 1. The Balaban J connectivity index is 2.37. The van der Waals surface area contributed by atoms with E-state index in [0.29, 0.717) is 6.61 Å². The second-order valence-electron chi connectivity index (χ2n) is 4.94. The van der Waals surface area contributed by atoms with Crippen LogP contribution in [0.4, 0.5) is 0 Å². The summed E-state index contributed by atoms with van der Waals surface area (Å²) in [5, 5.41) is 0.732. The molecule has 0 aliphatic rings. The lowest BCUT2D eigenvalue weighted by Crippen LogP contribution is -2.33. The van der Waals surface area contributed by atoms with E-state index in [4.69, 9.17) is 22.2 Å². The molecule has 0 aromatic heterocycles. The molecule has 112 valence electrons. The first-order valence-electron chi connectivity index (χ1n) is 7.06. The van der Waals surface area contributed by atoms with E-state index in [9.17, 15) is 0 Å². The van der Waals surface area contributed by atoms with Gasteiger partial charge in [-0.2, -0.15) is 0 Å². The SMILES string of the molecule is CCOC(c1ccccc1)C(NN)c1ccc(C)c(Cl)c1. The van der Waals surface area contributed by atoms with Crippen LogP contribution in [0.2, 0.25) is 5.02 Å². The second kappa shape index (κ2) is 7.57. The Labute approximate surface area is 131 Å². The summed E-state index contributed by atoms with van der Waals surface area (Å²) in [5.41, 5.74) is 6.00. The Morgan fingerprint density at radius 1 is 1.14 bits per heavy atom. The van der Waals surface area contributed by atoms with E-state index in [1.165, 1.54) is 0 Å². The third kappa shape index (κ3) is 3.83. The summed E-state index contributed by atoms with van der Waals surface area (Å²) in [6.07, 6.45) is -0.167. The van der Waals surface area contributed by atoms with Gasteiger partial charge in [-0.25, -0.2) is 5.43 Å². The Kier molecular flexibility index (Phi) is 5.76. The monoisotopic (exact) mass is 304 g/mol. The summed E-state index contributed by atoms with van der Waals surface area (Å²) >= 11 is 6.23. The zero-order valence-corrected chi connectivity index (χ0v) is 13.1. The molecule has 2 aromatic carbocycles. The second-order valence-corrected chi connectivity index (χ2v) is 5.35. The van der Waals surface area contributed by atoms with Gasteiger partial charge in [0, 0.05) is 11.6 Å². The van der Waals surface area contributed by atoms with Crippen LogP contribution in [-0.4, -0.2) is 6.61 Å². The number of halogens is 1. The van der Waals surface area contributed by atoms with Crippen molar-refractivity contribution in [2.24, 2.45) is 5.84 Å². The van der Waals surface area contributed by atoms with Crippen molar-refractivity contribution >= 4 is 11.6 Å². The molecule has 0 amide bonds. The van der Waals surface area contributed by atoms with E-state index in [0.717, 1.165) is 21.7 Å². The van der Waals surface area contributed by atoms with Crippen molar-refractivity contribution in [3.63, 3.8) is 0 Å². The first-order valence-corrected chi connectivity index (χ1v) is 7.44. The maximum Gasteiger partial charge on any atom is 0.103 e. The maximum atomic E-state index is 6.23. The number of hydrazine groups is 1. The number of benzene rings is 2. The molecule has 0 heterocycles. The molecule has 0 saturated carbocycles. The fraction of sp³-hybridized carbons (Fsp3) is 0.294. The Morgan fingerprint density at radius 2 is 1.86 bits per heavy atom. The fourth-order valence-corrected chi connectivity index (χ4v) is 2.56. The lowest BCUT2D eigenvalue weighted by atomic mass is 9.95. The van der Waals surface area contributed by atoms with Crippen LogP contribution in [0.3, 0.4) is 0 Å². The number of hydrogen-bond donors (Lipinski definition) is 2. The zero-order chi connectivity index (χ0) is 15.2. The fourth-order valence-electron chi connectivity index (χ4n) is 2.37. The molecule has 0 radical (unpaired) electrons. The molecule has 2 aromatic rings. The third-order valence-corrected chi connectivity index (χ3v) is 3.92. The van der Waals surface area contributed by atoms with Crippen LogP contribution in [-0.2, 0) is 4.74 Å². The number of aryl methyl sites for hydroxylation is 1. The van der Waals surface area contributed by atoms with Crippen LogP contribution in [0.25, 0.3) is 0 Å². The number of hydrogen-bond acceptors (Lipinski definition) is 3. The average Bonchev–Trinajstić information content (AvgIpc) is 2.51. The third-order valence-electron chi connectivity index (χ3n) is 3.51. The van der Waals surface area contributed by atoms with E-state index < -0.39 is 0 Å². The summed E-state index contributed by atoms with van der Waals surface area (Å²) in [4.78, 5) is 0. The van der Waals surface area contributed by atoms with E-state index in [-0.39, 0.29) is 12.1 Å². The molecule has 0 aliphatic heterocycles. The van der Waals surface area contributed by atoms with Gasteiger partial charge in [-0.05, 0) is 36.6 Å². The quantitative estimate of drug-likeness (QED) is 0.628. The van der Waals surface area contributed by atoms with E-state index in [1.54, 1.807) is 0 Å². The van der Waals surface area contributed by atoms with Gasteiger partial charge in [-0.15, -0.1) is 0 Å². The van der Waals surface area contributed by atoms with Gasteiger partial charge in [-0.3, -0.25) is 5.84 Å². The molecule has 3 nitrogen and oxygen atoms in total. The highest BCUT2D eigenvalue weighted by molar-refractivity contribution is 6.31. The average molecular weight is 305 g/mol. The molecule has 0 spiro atoms. The highest BCUT2D eigenvalue weighted by Gasteiger charge is 2.24. The van der Waals surface area contributed by atoms with Gasteiger partial charge >= 0.3 is 0 Å². The van der Waals surface area contributed by atoms with Crippen molar-refractivity contribution in [2.75, 3.05) is 6.61 Å². The van der Waals surface area contributed by atoms with Crippen LogP contribution in [0, 0.1) is 6.92 Å². The number of rotatable bonds is 6. The number of ether oxygens (including phenoxy) is 1. The minimum absolute atomic E-state index is 0.162. The molecular formula is C17H21ClN2O. The van der Waals surface area contributed by atoms with Crippen molar-refractivity contribution in [1.82, 2.24) is 5.43 Å². The van der Waals surface area contributed by atoms with Crippen molar-refractivity contribution in [2.45, 2.75) is 26.0 Å². The minimum Gasteiger partial charge on any atom is -0.372 e. The smallest absolute Gasteiger partial charge is 0.103 e. The molecule has 3 N–H and O–H groups in total. The molecule has 0 saturated heterocycles. The van der Waals surface area contributed by atoms with Crippen molar-refractivity contribution in [1.29, 1.82) is 0 Å². The molecule has 0 aliphatic carbocycles. The largest absolute Gasteiger partial charge is 0.372 e. The Hall–Kier alpha value is -1.39. The van der Waals surface area contributed by atoms with Crippen LogP contribution < -0.4 is 11.3 Å². The van der Waals surface area contributed by atoms with Gasteiger partial charge in [-0.1, -0.05) is 54.1 Å². The lowest BCUT2D eigenvalue weighted by Gasteiger charge is -2.27. The molecule has 0 fully saturated rings.